The molecule has 1 heterocycles. The van der Waals surface area contributed by atoms with E-state index in [-0.39, 0.29) is 0 Å². The average Bonchev–Trinajstić information content (AvgIpc) is 2.67. The van der Waals surface area contributed by atoms with E-state index in [0.717, 1.165) is 12.1 Å². The highest BCUT2D eigenvalue weighted by atomic mass is 15.0. The van der Waals surface area contributed by atoms with Gasteiger partial charge in [0.05, 0.1) is 5.69 Å². The molecule has 2 N–H and O–H groups in total. The smallest absolute Gasteiger partial charge is 0.122 e. The van der Waals surface area contributed by atoms with Crippen LogP contribution in [0.4, 0.5) is 5.69 Å². The third-order valence-electron chi connectivity index (χ3n) is 3.15. The molecular weight excluding hydrogens is 222 g/mol. The number of aryl methyl sites for hydroxylation is 1. The van der Waals surface area contributed by atoms with Crippen molar-refractivity contribution >= 4 is 5.69 Å². The van der Waals surface area contributed by atoms with E-state index in [1.54, 1.807) is 6.07 Å². The number of nitrogens with two attached hydrogens (primary N) is 1. The van der Waals surface area contributed by atoms with Gasteiger partial charge < -0.3 is 10.3 Å². The fraction of sp³-hybridized carbons (Fsp3) is 0.267. The lowest BCUT2D eigenvalue weighted by atomic mass is 10.1. The van der Waals surface area contributed by atoms with E-state index in [1.165, 1.54) is 11.1 Å². The topological polar surface area (TPSA) is 54.7 Å². The molecule has 92 valence electrons. The number of nitrogens with zero attached hydrogens (tertiary/aromatic N) is 2. The largest absolute Gasteiger partial charge is 0.397 e. The van der Waals surface area contributed by atoms with Crippen molar-refractivity contribution in [2.75, 3.05) is 5.73 Å². The fourth-order valence-electron chi connectivity index (χ4n) is 2.15. The molecule has 1 aromatic carbocycles. The molecule has 0 aliphatic carbocycles. The van der Waals surface area contributed by atoms with Crippen molar-refractivity contribution in [2.45, 2.75) is 26.8 Å². The molecule has 0 fully saturated rings. The van der Waals surface area contributed by atoms with E-state index in [0.29, 0.717) is 17.9 Å². The van der Waals surface area contributed by atoms with Gasteiger partial charge in [-0.05, 0) is 25.0 Å². The summed E-state index contributed by atoms with van der Waals surface area (Å²) < 4.78 is 2.00. The highest BCUT2D eigenvalue weighted by molar-refractivity contribution is 5.51. The molecule has 1 aromatic heterocycles. The summed E-state index contributed by atoms with van der Waals surface area (Å²) in [4.78, 5) is 0. The van der Waals surface area contributed by atoms with Gasteiger partial charge in [-0.25, -0.2) is 0 Å². The summed E-state index contributed by atoms with van der Waals surface area (Å²) in [6, 6.07) is 12.3. The van der Waals surface area contributed by atoms with Crippen molar-refractivity contribution < 1.29 is 0 Å². The molecule has 0 radical (unpaired) electrons. The van der Waals surface area contributed by atoms with E-state index in [4.69, 9.17) is 11.0 Å². The number of nitrogen functional groups attached to an aromatic ring is 1. The molecule has 0 spiro atoms. The van der Waals surface area contributed by atoms with Gasteiger partial charge in [0.15, 0.2) is 0 Å². The second-order valence-corrected chi connectivity index (χ2v) is 4.47. The quantitative estimate of drug-likeness (QED) is 0.895. The Balaban J connectivity index is 2.39. The Labute approximate surface area is 107 Å². The summed E-state index contributed by atoms with van der Waals surface area (Å²) in [6.45, 7) is 4.82. The summed E-state index contributed by atoms with van der Waals surface area (Å²) in [6.07, 6.45) is 0.833. The lowest BCUT2D eigenvalue weighted by molar-refractivity contribution is 0.742. The number of aromatic nitrogens is 1. The number of rotatable bonds is 3. The van der Waals surface area contributed by atoms with Gasteiger partial charge in [0.25, 0.3) is 0 Å². The molecule has 0 saturated carbocycles. The maximum absolute atomic E-state index is 9.15. The van der Waals surface area contributed by atoms with E-state index in [9.17, 15) is 0 Å². The van der Waals surface area contributed by atoms with Gasteiger partial charge in [0.2, 0.25) is 0 Å². The van der Waals surface area contributed by atoms with Gasteiger partial charge in [-0.2, -0.15) is 5.26 Å². The molecule has 0 aliphatic heterocycles. The minimum Gasteiger partial charge on any atom is -0.397 e. The van der Waals surface area contributed by atoms with Crippen LogP contribution in [0, 0.1) is 18.3 Å². The standard InChI is InChI=1S/C15H17N3/c1-3-15-14(17)8-13(9-16)18(15)10-12-6-4-11(2)5-7-12/h4-8H,3,10,17H2,1-2H3. The van der Waals surface area contributed by atoms with Crippen LogP contribution in [0.5, 0.6) is 0 Å². The summed E-state index contributed by atoms with van der Waals surface area (Å²) in [5.41, 5.74) is 10.7. The minimum absolute atomic E-state index is 0.630. The summed E-state index contributed by atoms with van der Waals surface area (Å²) in [5.74, 6) is 0. The first kappa shape index (κ1) is 12.3. The number of benzene rings is 1. The van der Waals surface area contributed by atoms with Crippen molar-refractivity contribution in [3.8, 4) is 6.07 Å². The van der Waals surface area contributed by atoms with Gasteiger partial charge in [-0.1, -0.05) is 36.8 Å². The number of hydrogen-bond donors (Lipinski definition) is 1. The number of anilines is 1. The number of hydrogen-bond acceptors (Lipinski definition) is 2. The SMILES string of the molecule is CCc1c(N)cc(C#N)n1Cc1ccc(C)cc1. The Morgan fingerprint density at radius 3 is 2.50 bits per heavy atom. The normalized spacial score (nSPS) is 10.3. The first-order valence-electron chi connectivity index (χ1n) is 6.09. The van der Waals surface area contributed by atoms with E-state index < -0.39 is 0 Å². The van der Waals surface area contributed by atoms with Crippen LogP contribution in [0.25, 0.3) is 0 Å². The Morgan fingerprint density at radius 2 is 1.94 bits per heavy atom. The van der Waals surface area contributed by atoms with Crippen LogP contribution < -0.4 is 5.73 Å². The van der Waals surface area contributed by atoms with Gasteiger partial charge in [0, 0.05) is 12.2 Å². The molecule has 3 nitrogen and oxygen atoms in total. The molecule has 0 saturated heterocycles. The molecule has 18 heavy (non-hydrogen) atoms. The summed E-state index contributed by atoms with van der Waals surface area (Å²) in [7, 11) is 0. The van der Waals surface area contributed by atoms with Gasteiger partial charge in [0.1, 0.15) is 11.8 Å². The Kier molecular flexibility index (Phi) is 3.38. The fourth-order valence-corrected chi connectivity index (χ4v) is 2.15. The molecule has 0 bridgehead atoms. The van der Waals surface area contributed by atoms with Crippen LogP contribution in [0.3, 0.4) is 0 Å². The lowest BCUT2D eigenvalue weighted by Crippen LogP contribution is -2.07. The average molecular weight is 239 g/mol. The van der Waals surface area contributed by atoms with Crippen LogP contribution in [0.1, 0.15) is 29.4 Å². The zero-order chi connectivity index (χ0) is 13.1. The predicted octanol–water partition coefficient (Wildman–Crippen LogP) is 2.86. The Morgan fingerprint density at radius 1 is 1.28 bits per heavy atom. The second kappa shape index (κ2) is 4.97. The third-order valence-corrected chi connectivity index (χ3v) is 3.15. The first-order valence-corrected chi connectivity index (χ1v) is 6.09. The molecule has 0 atom stereocenters. The molecular formula is C15H17N3. The first-order chi connectivity index (χ1) is 8.65. The maximum Gasteiger partial charge on any atom is 0.122 e. The van der Waals surface area contributed by atoms with Crippen molar-refractivity contribution in [2.24, 2.45) is 0 Å². The molecule has 2 rings (SSSR count). The van der Waals surface area contributed by atoms with E-state index in [1.807, 2.05) is 4.57 Å². The molecule has 0 aliphatic rings. The van der Waals surface area contributed by atoms with Crippen molar-refractivity contribution in [3.63, 3.8) is 0 Å². The van der Waals surface area contributed by atoms with Crippen molar-refractivity contribution in [1.82, 2.24) is 4.57 Å². The van der Waals surface area contributed by atoms with Crippen LogP contribution in [0.2, 0.25) is 0 Å². The molecule has 3 heteroatoms. The zero-order valence-electron chi connectivity index (χ0n) is 10.8. The Hall–Kier alpha value is -2.21. The van der Waals surface area contributed by atoms with Crippen molar-refractivity contribution in [3.05, 3.63) is 52.8 Å². The minimum atomic E-state index is 0.630. The van der Waals surface area contributed by atoms with E-state index >= 15 is 0 Å². The number of nitriles is 1. The van der Waals surface area contributed by atoms with Crippen LogP contribution >= 0.6 is 0 Å². The maximum atomic E-state index is 9.15. The Bertz CT molecular complexity index is 585. The van der Waals surface area contributed by atoms with E-state index in [2.05, 4.69) is 44.2 Å². The second-order valence-electron chi connectivity index (χ2n) is 4.47. The molecule has 0 unspecified atom stereocenters. The molecule has 2 aromatic rings. The van der Waals surface area contributed by atoms with Crippen molar-refractivity contribution in [1.29, 1.82) is 5.26 Å². The monoisotopic (exact) mass is 239 g/mol. The lowest BCUT2D eigenvalue weighted by Gasteiger charge is -2.10. The van der Waals surface area contributed by atoms with Crippen LogP contribution in [0.15, 0.2) is 30.3 Å². The van der Waals surface area contributed by atoms with Gasteiger partial charge >= 0.3 is 0 Å². The molecule has 0 amide bonds. The van der Waals surface area contributed by atoms with Crippen LogP contribution in [-0.2, 0) is 13.0 Å². The van der Waals surface area contributed by atoms with Gasteiger partial charge in [-0.15, -0.1) is 0 Å². The van der Waals surface area contributed by atoms with Crippen LogP contribution in [-0.4, -0.2) is 4.57 Å². The zero-order valence-corrected chi connectivity index (χ0v) is 10.8. The summed E-state index contributed by atoms with van der Waals surface area (Å²) in [5, 5.41) is 9.15. The van der Waals surface area contributed by atoms with Gasteiger partial charge in [-0.3, -0.25) is 0 Å². The summed E-state index contributed by atoms with van der Waals surface area (Å²) >= 11 is 0. The highest BCUT2D eigenvalue weighted by Gasteiger charge is 2.11. The predicted molar refractivity (Wildman–Crippen MR) is 73.2 cm³/mol. The highest BCUT2D eigenvalue weighted by Crippen LogP contribution is 2.20. The third kappa shape index (κ3) is 2.23.